The summed E-state index contributed by atoms with van der Waals surface area (Å²) in [5.74, 6) is 2.03. The Kier molecular flexibility index (Phi) is 12.3. The van der Waals surface area contributed by atoms with E-state index in [0.717, 1.165) is 102 Å². The number of carbonyl (C=O) groups excluding carboxylic acids is 1. The number of nitrogens with zero attached hydrogens (tertiary/aromatic N) is 3. The number of rotatable bonds is 7. The van der Waals surface area contributed by atoms with Crippen LogP contribution in [-0.4, -0.2) is 122 Å². The van der Waals surface area contributed by atoms with Gasteiger partial charge in [-0.15, -0.1) is 0 Å². The van der Waals surface area contributed by atoms with Crippen LogP contribution >= 0.6 is 11.9 Å². The van der Waals surface area contributed by atoms with Gasteiger partial charge in [0.15, 0.2) is 0 Å². The van der Waals surface area contributed by atoms with Crippen molar-refractivity contribution in [1.29, 1.82) is 0 Å². The highest BCUT2D eigenvalue weighted by Gasteiger charge is 2.52. The lowest BCUT2D eigenvalue weighted by atomic mass is 9.58. The largest absolute Gasteiger partial charge is 0.508 e. The zero-order valence-electron chi connectivity index (χ0n) is 32.0. The number of piperazine rings is 1. The van der Waals surface area contributed by atoms with E-state index in [0.29, 0.717) is 42.2 Å². The number of amides is 1. The number of phenolic OH excluding ortho intramolecular Hbond substituents is 1. The van der Waals surface area contributed by atoms with Crippen molar-refractivity contribution in [2.45, 2.75) is 81.8 Å². The van der Waals surface area contributed by atoms with Gasteiger partial charge in [0.2, 0.25) is 0 Å². The van der Waals surface area contributed by atoms with Gasteiger partial charge in [-0.1, -0.05) is 38.5 Å². The van der Waals surface area contributed by atoms with Gasteiger partial charge >= 0.3 is 0 Å². The highest BCUT2D eigenvalue weighted by atomic mass is 32.2. The van der Waals surface area contributed by atoms with Crippen molar-refractivity contribution in [3.8, 4) is 11.5 Å². The maximum absolute atomic E-state index is 13.5. The molecular weight excluding hydrogens is 689 g/mol. The normalized spacial score (nSPS) is 33.6. The maximum Gasteiger partial charge on any atom is 0.261 e. The fourth-order valence-electron chi connectivity index (χ4n) is 9.45. The average molecular weight is 749 g/mol. The summed E-state index contributed by atoms with van der Waals surface area (Å²) in [5.41, 5.74) is 3.36. The van der Waals surface area contributed by atoms with Crippen LogP contribution in [0.1, 0.15) is 73.9 Å². The molecule has 5 aliphatic rings. The predicted octanol–water partition coefficient (Wildman–Crippen LogP) is 5.48. The lowest BCUT2D eigenvalue weighted by Gasteiger charge is -2.55. The second-order valence-corrected chi connectivity index (χ2v) is 17.3. The number of aliphatic hydroxyl groups is 1. The van der Waals surface area contributed by atoms with Crippen molar-refractivity contribution in [2.75, 3.05) is 77.6 Å². The molecule has 1 amide bonds. The number of fused-ring (bicyclic) bond motifs is 2. The molecule has 7 rings (SSSR count). The monoisotopic (exact) mass is 748 g/mol. The van der Waals surface area contributed by atoms with Crippen LogP contribution in [-0.2, 0) is 15.9 Å². The minimum Gasteiger partial charge on any atom is -0.508 e. The number of ether oxygens (including phenoxy) is 3. The van der Waals surface area contributed by atoms with E-state index < -0.39 is 11.7 Å². The third-order valence-electron chi connectivity index (χ3n) is 12.8. The molecule has 4 aliphatic heterocycles. The molecule has 8 atom stereocenters. The van der Waals surface area contributed by atoms with Gasteiger partial charge in [0.25, 0.3) is 5.91 Å². The minimum atomic E-state index is -0.627. The van der Waals surface area contributed by atoms with Crippen LogP contribution in [0, 0.1) is 17.8 Å². The number of hydrogen-bond acceptors (Lipinski definition) is 10. The van der Waals surface area contributed by atoms with E-state index in [2.05, 4.69) is 51.5 Å². The van der Waals surface area contributed by atoms with Crippen molar-refractivity contribution < 1.29 is 29.2 Å². The second kappa shape index (κ2) is 16.9. The molecule has 3 fully saturated rings. The third kappa shape index (κ3) is 8.40. The Labute approximate surface area is 320 Å². The molecule has 53 heavy (non-hydrogen) atoms. The van der Waals surface area contributed by atoms with Crippen LogP contribution in [0.15, 0.2) is 48.6 Å². The summed E-state index contributed by atoms with van der Waals surface area (Å²) < 4.78 is 22.0. The number of phenols is 1. The van der Waals surface area contributed by atoms with Crippen molar-refractivity contribution in [1.82, 2.24) is 14.5 Å². The number of aliphatic hydroxyl groups excluding tert-OH is 1. The molecule has 2 saturated heterocycles. The van der Waals surface area contributed by atoms with Gasteiger partial charge in [-0.3, -0.25) is 19.3 Å². The molecule has 1 aliphatic carbocycles. The van der Waals surface area contributed by atoms with E-state index in [1.165, 1.54) is 17.5 Å². The predicted molar refractivity (Wildman–Crippen MR) is 211 cm³/mol. The van der Waals surface area contributed by atoms with Crippen molar-refractivity contribution in [3.63, 3.8) is 0 Å². The van der Waals surface area contributed by atoms with Crippen molar-refractivity contribution >= 4 is 23.5 Å². The molecule has 0 aromatic heterocycles. The second-order valence-electron chi connectivity index (χ2n) is 16.2. The Morgan fingerprint density at radius 2 is 1.91 bits per heavy atom. The van der Waals surface area contributed by atoms with Crippen LogP contribution in [0.3, 0.4) is 0 Å². The van der Waals surface area contributed by atoms with E-state index in [9.17, 15) is 15.0 Å². The number of benzene rings is 2. The number of hydrogen-bond donors (Lipinski definition) is 3. The van der Waals surface area contributed by atoms with Crippen LogP contribution < -0.4 is 14.4 Å². The summed E-state index contributed by atoms with van der Waals surface area (Å²) in [6.07, 6.45) is 8.29. The number of aryl methyl sites for hydroxylation is 1. The first kappa shape index (κ1) is 38.5. The smallest absolute Gasteiger partial charge is 0.261 e. The van der Waals surface area contributed by atoms with Gasteiger partial charge in [-0.2, -0.15) is 0 Å². The Bertz CT molecular complexity index is 1600. The lowest BCUT2D eigenvalue weighted by molar-refractivity contribution is -0.116. The first-order chi connectivity index (χ1) is 25.7. The van der Waals surface area contributed by atoms with Gasteiger partial charge in [0.1, 0.15) is 17.1 Å². The first-order valence-electron chi connectivity index (χ1n) is 19.9. The molecule has 0 radical (unpaired) electrons. The van der Waals surface area contributed by atoms with Crippen LogP contribution in [0.5, 0.6) is 11.5 Å². The van der Waals surface area contributed by atoms with Crippen molar-refractivity contribution in [2.24, 2.45) is 17.8 Å². The lowest BCUT2D eigenvalue weighted by Crippen LogP contribution is -2.61. The fourth-order valence-corrected chi connectivity index (χ4v) is 10.1. The molecule has 2 aromatic rings. The third-order valence-corrected chi connectivity index (χ3v) is 13.8. The molecule has 2 aromatic carbocycles. The van der Waals surface area contributed by atoms with Gasteiger partial charge in [0, 0.05) is 82.3 Å². The molecule has 1 saturated carbocycles. The van der Waals surface area contributed by atoms with Crippen LogP contribution in [0.2, 0.25) is 0 Å². The average Bonchev–Trinajstić information content (AvgIpc) is 3.64. The topological polar surface area (TPSA) is 107 Å². The van der Waals surface area contributed by atoms with E-state index >= 15 is 0 Å². The molecule has 3 N–H and O–H groups in total. The van der Waals surface area contributed by atoms with Gasteiger partial charge in [0.05, 0.1) is 25.0 Å². The number of nitrogens with one attached hydrogen (secondary N) is 1. The minimum absolute atomic E-state index is 0.0767. The van der Waals surface area contributed by atoms with E-state index in [1.807, 2.05) is 38.3 Å². The molecule has 0 spiro atoms. The summed E-state index contributed by atoms with van der Waals surface area (Å²) >= 11 is 1.27. The number of anilines is 1. The SMILES string of the molecule is CCCc1cc(O)ccc1C1COc2ccc3cc2N(C1)CC1C(C)CC1C(CN1CCN(C2CCOC2)CC1)(OC)/C=C/CC(O)C(C)SNC3=O. The number of methoxy groups -OCH3 is 1. The summed E-state index contributed by atoms with van der Waals surface area (Å²) in [6, 6.07) is 12.1. The Hall–Kier alpha value is -2.80. The summed E-state index contributed by atoms with van der Waals surface area (Å²) in [4.78, 5) is 21.2. The van der Waals surface area contributed by atoms with Gasteiger partial charge in [-0.25, -0.2) is 0 Å². The Morgan fingerprint density at radius 3 is 2.64 bits per heavy atom. The molecule has 4 heterocycles. The molecule has 290 valence electrons. The van der Waals surface area contributed by atoms with E-state index in [-0.39, 0.29) is 23.0 Å². The quantitative estimate of drug-likeness (QED) is 0.249. The molecule has 2 bridgehead atoms. The standard InChI is InChI=1S/C42H60N4O6S/c1-5-7-30-21-34(47)10-11-35(30)32-23-46-24-36-28(2)20-37(36)42(50-4,27-44-15-17-45(18-16-44)33-13-19-51-26-33)14-6-8-39(48)29(3)53-43-41(49)31-9-12-40(52-25-32)38(46)22-31/h6,9-12,14,21-22,28-29,32-33,36-37,39,47-48H,5,7-8,13,15-20,23-27H2,1-4H3,(H,43,49)/b14-6+. The van der Waals surface area contributed by atoms with Crippen LogP contribution in [0.4, 0.5) is 5.69 Å². The molecule has 11 heteroatoms. The highest BCUT2D eigenvalue weighted by molar-refractivity contribution is 7.98. The van der Waals surface area contributed by atoms with Crippen LogP contribution in [0.25, 0.3) is 0 Å². The molecule has 10 nitrogen and oxygen atoms in total. The van der Waals surface area contributed by atoms with Gasteiger partial charge in [-0.05, 0) is 104 Å². The Morgan fingerprint density at radius 1 is 1.08 bits per heavy atom. The summed E-state index contributed by atoms with van der Waals surface area (Å²) in [7, 11) is 1.87. The molecule has 8 unspecified atom stereocenters. The number of aromatic hydroxyl groups is 1. The number of carbonyl (C=O) groups is 1. The Balaban J connectivity index is 1.22. The molecular formula is C42H60N4O6S. The van der Waals surface area contributed by atoms with Gasteiger partial charge < -0.3 is 29.3 Å². The first-order valence-corrected chi connectivity index (χ1v) is 20.8. The maximum atomic E-state index is 13.5. The van der Waals surface area contributed by atoms with E-state index in [4.69, 9.17) is 14.2 Å². The fraction of sp³-hybridized carbons (Fsp3) is 0.643. The van der Waals surface area contributed by atoms with Crippen molar-refractivity contribution in [3.05, 3.63) is 65.2 Å². The highest BCUT2D eigenvalue weighted by Crippen LogP contribution is 2.50. The summed E-state index contributed by atoms with van der Waals surface area (Å²) in [6.45, 7) is 15.1. The summed E-state index contributed by atoms with van der Waals surface area (Å²) in [5, 5.41) is 21.4. The zero-order chi connectivity index (χ0) is 37.1. The zero-order valence-corrected chi connectivity index (χ0v) is 32.9. The van der Waals surface area contributed by atoms with E-state index in [1.54, 1.807) is 6.07 Å².